The molecule has 0 aliphatic carbocycles. The Bertz CT molecular complexity index is 480. The Morgan fingerprint density at radius 3 is 2.42 bits per heavy atom. The first-order chi connectivity index (χ1) is 8.75. The van der Waals surface area contributed by atoms with Crippen molar-refractivity contribution in [2.75, 3.05) is 14.1 Å². The molecule has 6 heteroatoms. The Morgan fingerprint density at radius 2 is 1.89 bits per heavy atom. The van der Waals surface area contributed by atoms with Gasteiger partial charge in [0.15, 0.2) is 0 Å². The number of carbonyl (C=O) groups is 1. The maximum absolute atomic E-state index is 13.5. The van der Waals surface area contributed by atoms with Crippen LogP contribution in [0.15, 0.2) is 12.1 Å². The van der Waals surface area contributed by atoms with Gasteiger partial charge in [-0.15, -0.1) is 0 Å². The van der Waals surface area contributed by atoms with Crippen LogP contribution in [-0.4, -0.2) is 30.9 Å². The minimum atomic E-state index is -0.527. The van der Waals surface area contributed by atoms with Gasteiger partial charge < -0.3 is 4.90 Å². The number of hydrogen-bond donors (Lipinski definition) is 1. The van der Waals surface area contributed by atoms with Crippen LogP contribution in [0.3, 0.4) is 0 Å². The fourth-order valence-electron chi connectivity index (χ4n) is 1.86. The van der Waals surface area contributed by atoms with E-state index < -0.39 is 11.9 Å². The van der Waals surface area contributed by atoms with Gasteiger partial charge in [-0.3, -0.25) is 10.1 Å². The molecule has 2 atom stereocenters. The first-order valence-electron chi connectivity index (χ1n) is 5.86. The normalized spacial score (nSPS) is 14.1. The van der Waals surface area contributed by atoms with Crippen LogP contribution < -0.4 is 5.32 Å². The summed E-state index contributed by atoms with van der Waals surface area (Å²) in [5.74, 6) is -0.600. The fourth-order valence-corrected chi connectivity index (χ4v) is 2.55. The Balaban J connectivity index is 2.93. The molecule has 0 heterocycles. The molecule has 0 bridgehead atoms. The van der Waals surface area contributed by atoms with E-state index in [-0.39, 0.29) is 17.0 Å². The van der Waals surface area contributed by atoms with E-state index in [1.165, 1.54) is 17.0 Å². The zero-order chi connectivity index (χ0) is 14.7. The van der Waals surface area contributed by atoms with Crippen LogP contribution in [0.2, 0.25) is 10.0 Å². The third-order valence-corrected chi connectivity index (χ3v) is 3.54. The highest BCUT2D eigenvalue weighted by molar-refractivity contribution is 6.36. The quantitative estimate of drug-likeness (QED) is 0.866. The van der Waals surface area contributed by atoms with Crippen molar-refractivity contribution in [1.29, 1.82) is 0 Å². The van der Waals surface area contributed by atoms with Crippen LogP contribution in [0.1, 0.15) is 25.5 Å². The minimum Gasteiger partial charge on any atom is -0.347 e. The first kappa shape index (κ1) is 16.2. The molecule has 0 aliphatic heterocycles. The van der Waals surface area contributed by atoms with Gasteiger partial charge in [0.1, 0.15) is 5.82 Å². The molecule has 2 unspecified atom stereocenters. The predicted octanol–water partition coefficient (Wildman–Crippen LogP) is 3.26. The molecular weight excluding hydrogens is 290 g/mol. The number of nitrogens with one attached hydrogen (secondary N) is 1. The summed E-state index contributed by atoms with van der Waals surface area (Å²) in [5.41, 5.74) is 0.460. The number of benzene rings is 1. The van der Waals surface area contributed by atoms with Crippen LogP contribution >= 0.6 is 23.2 Å². The molecule has 0 saturated heterocycles. The number of rotatable bonds is 4. The van der Waals surface area contributed by atoms with Gasteiger partial charge in [-0.25, -0.2) is 4.39 Å². The summed E-state index contributed by atoms with van der Waals surface area (Å²) in [7, 11) is 3.35. The highest BCUT2D eigenvalue weighted by atomic mass is 35.5. The number of carbonyl (C=O) groups excluding carboxylic acids is 1. The third-order valence-electron chi connectivity index (χ3n) is 2.82. The number of hydrogen-bond acceptors (Lipinski definition) is 2. The van der Waals surface area contributed by atoms with E-state index in [1.54, 1.807) is 27.9 Å². The van der Waals surface area contributed by atoms with Crippen LogP contribution in [0, 0.1) is 5.82 Å². The SMILES string of the molecule is CC(NC(C)c1c(Cl)ccc(F)c1Cl)C(=O)N(C)C. The monoisotopic (exact) mass is 306 g/mol. The molecule has 0 aliphatic rings. The van der Waals surface area contributed by atoms with Gasteiger partial charge in [-0.1, -0.05) is 23.2 Å². The van der Waals surface area contributed by atoms with Gasteiger partial charge in [-0.05, 0) is 26.0 Å². The van der Waals surface area contributed by atoms with E-state index in [9.17, 15) is 9.18 Å². The number of nitrogens with zero attached hydrogens (tertiary/aromatic N) is 1. The first-order valence-corrected chi connectivity index (χ1v) is 6.62. The predicted molar refractivity (Wildman–Crippen MR) is 76.1 cm³/mol. The van der Waals surface area contributed by atoms with E-state index in [0.29, 0.717) is 10.6 Å². The average Bonchev–Trinajstić information content (AvgIpc) is 2.33. The summed E-state index contributed by atoms with van der Waals surface area (Å²) >= 11 is 12.0. The fraction of sp³-hybridized carbons (Fsp3) is 0.462. The van der Waals surface area contributed by atoms with E-state index >= 15 is 0 Å². The lowest BCUT2D eigenvalue weighted by Gasteiger charge is -2.23. The van der Waals surface area contributed by atoms with E-state index in [4.69, 9.17) is 23.2 Å². The van der Waals surface area contributed by atoms with Gasteiger partial charge >= 0.3 is 0 Å². The molecule has 0 saturated carbocycles. The van der Waals surface area contributed by atoms with Gasteiger partial charge in [0.2, 0.25) is 5.91 Å². The Kier molecular flexibility index (Phi) is 5.59. The molecule has 1 amide bonds. The topological polar surface area (TPSA) is 32.3 Å². The standard InChI is InChI=1S/C13H17Cl2FN2O/c1-7(17-8(2)13(19)18(3)4)11-9(14)5-6-10(16)12(11)15/h5-8,17H,1-4H3. The van der Waals surface area contributed by atoms with Crippen molar-refractivity contribution in [2.24, 2.45) is 0 Å². The minimum absolute atomic E-state index is 0.0167. The summed E-state index contributed by atoms with van der Waals surface area (Å²) in [6.07, 6.45) is 0. The lowest BCUT2D eigenvalue weighted by Crippen LogP contribution is -2.42. The molecular formula is C13H17Cl2FN2O. The van der Waals surface area contributed by atoms with Crippen molar-refractivity contribution in [2.45, 2.75) is 25.9 Å². The average molecular weight is 307 g/mol. The molecule has 0 radical (unpaired) electrons. The summed E-state index contributed by atoms with van der Waals surface area (Å²) in [5, 5.41) is 3.41. The van der Waals surface area contributed by atoms with Crippen molar-refractivity contribution >= 4 is 29.1 Å². The summed E-state index contributed by atoms with van der Waals surface area (Å²) in [4.78, 5) is 13.3. The summed E-state index contributed by atoms with van der Waals surface area (Å²) < 4.78 is 13.5. The second-order valence-corrected chi connectivity index (χ2v) is 5.38. The van der Waals surface area contributed by atoms with Gasteiger partial charge in [0.25, 0.3) is 0 Å². The zero-order valence-electron chi connectivity index (χ0n) is 11.3. The third kappa shape index (κ3) is 3.81. The molecule has 1 aromatic carbocycles. The summed E-state index contributed by atoms with van der Waals surface area (Å²) in [6.45, 7) is 3.52. The molecule has 1 aromatic rings. The Hall–Kier alpha value is -0.840. The largest absolute Gasteiger partial charge is 0.347 e. The molecule has 1 rings (SSSR count). The van der Waals surface area contributed by atoms with E-state index in [2.05, 4.69) is 5.32 Å². The molecule has 19 heavy (non-hydrogen) atoms. The molecule has 0 aromatic heterocycles. The van der Waals surface area contributed by atoms with Gasteiger partial charge in [0.05, 0.1) is 11.1 Å². The van der Waals surface area contributed by atoms with Gasteiger partial charge in [0, 0.05) is 30.7 Å². The van der Waals surface area contributed by atoms with E-state index in [0.717, 1.165) is 0 Å². The molecule has 1 N–H and O–H groups in total. The second-order valence-electron chi connectivity index (χ2n) is 4.60. The second kappa shape index (κ2) is 6.55. The van der Waals surface area contributed by atoms with Gasteiger partial charge in [-0.2, -0.15) is 0 Å². The highest BCUT2D eigenvalue weighted by Gasteiger charge is 2.22. The summed E-state index contributed by atoms with van der Waals surface area (Å²) in [6, 6.07) is 1.92. The molecule has 0 spiro atoms. The van der Waals surface area contributed by atoms with Crippen LogP contribution in [0.5, 0.6) is 0 Å². The molecule has 0 fully saturated rings. The van der Waals surface area contributed by atoms with Crippen LogP contribution in [-0.2, 0) is 4.79 Å². The lowest BCUT2D eigenvalue weighted by atomic mass is 10.1. The smallest absolute Gasteiger partial charge is 0.238 e. The highest BCUT2D eigenvalue weighted by Crippen LogP contribution is 2.32. The molecule has 3 nitrogen and oxygen atoms in total. The van der Waals surface area contributed by atoms with Crippen molar-refractivity contribution in [3.63, 3.8) is 0 Å². The number of halogens is 3. The lowest BCUT2D eigenvalue weighted by molar-refractivity contribution is -0.130. The number of likely N-dealkylation sites (N-methyl/N-ethyl adjacent to an activating group) is 1. The Morgan fingerprint density at radius 1 is 1.32 bits per heavy atom. The van der Waals surface area contributed by atoms with Crippen molar-refractivity contribution in [3.8, 4) is 0 Å². The maximum atomic E-state index is 13.5. The molecule has 106 valence electrons. The van der Waals surface area contributed by atoms with Crippen molar-refractivity contribution in [3.05, 3.63) is 33.6 Å². The van der Waals surface area contributed by atoms with Crippen molar-refractivity contribution in [1.82, 2.24) is 10.2 Å². The number of amides is 1. The van der Waals surface area contributed by atoms with E-state index in [1.807, 2.05) is 0 Å². The van der Waals surface area contributed by atoms with Crippen LogP contribution in [0.4, 0.5) is 4.39 Å². The Labute approximate surface area is 122 Å². The zero-order valence-corrected chi connectivity index (χ0v) is 12.8. The maximum Gasteiger partial charge on any atom is 0.238 e. The van der Waals surface area contributed by atoms with Crippen molar-refractivity contribution < 1.29 is 9.18 Å². The van der Waals surface area contributed by atoms with Crippen LogP contribution in [0.25, 0.3) is 0 Å².